The van der Waals surface area contributed by atoms with E-state index in [-0.39, 0.29) is 12.1 Å². The Morgan fingerprint density at radius 1 is 1.32 bits per heavy atom. The van der Waals surface area contributed by atoms with E-state index in [9.17, 15) is 9.90 Å². The third-order valence-electron chi connectivity index (χ3n) is 5.25. The van der Waals surface area contributed by atoms with Crippen LogP contribution in [0.2, 0.25) is 0 Å². The molecule has 3 aliphatic rings. The molecule has 1 aliphatic heterocycles. The summed E-state index contributed by atoms with van der Waals surface area (Å²) in [6.45, 7) is 2.00. The number of aldehydes is 1. The molecule has 0 amide bonds. The molecule has 1 N–H and O–H groups in total. The third-order valence-corrected chi connectivity index (χ3v) is 5.25. The lowest BCUT2D eigenvalue weighted by atomic mass is 9.68. The van der Waals surface area contributed by atoms with Crippen molar-refractivity contribution in [1.82, 2.24) is 5.01 Å². The zero-order valence-electron chi connectivity index (χ0n) is 11.7. The molecule has 0 bridgehead atoms. The second-order valence-corrected chi connectivity index (χ2v) is 6.51. The molecule has 0 aromatic heterocycles. The summed E-state index contributed by atoms with van der Waals surface area (Å²) in [4.78, 5) is 11.2. The number of hydrogen-bond acceptors (Lipinski definition) is 4. The molecule has 2 saturated carbocycles. The number of fused-ring (bicyclic) bond motifs is 1. The number of hydrazone groups is 1. The molecule has 0 spiro atoms. The Labute approximate surface area is 114 Å². The van der Waals surface area contributed by atoms with Crippen LogP contribution in [0, 0.1) is 11.8 Å². The van der Waals surface area contributed by atoms with Gasteiger partial charge in [-0.05, 0) is 50.9 Å². The van der Waals surface area contributed by atoms with Gasteiger partial charge in [-0.1, -0.05) is 6.42 Å². The monoisotopic (exact) mass is 264 g/mol. The van der Waals surface area contributed by atoms with Crippen molar-refractivity contribution in [2.45, 2.75) is 70.1 Å². The van der Waals surface area contributed by atoms with E-state index in [2.05, 4.69) is 5.10 Å². The first-order chi connectivity index (χ1) is 9.19. The number of carbonyl (C=O) groups is 1. The standard InChI is InChI=1S/C15H24N2O2/c1-10-7-13(9-18)17(16-10)12-6-5-11-3-2-4-15(19)14(11)8-12/h9,11-15,19H,2-8H2,1H3. The van der Waals surface area contributed by atoms with Gasteiger partial charge in [-0.25, -0.2) is 0 Å². The maximum absolute atomic E-state index is 11.2. The van der Waals surface area contributed by atoms with Crippen LogP contribution in [-0.4, -0.2) is 40.3 Å². The summed E-state index contributed by atoms with van der Waals surface area (Å²) in [5, 5.41) is 16.8. The fraction of sp³-hybridized carbons (Fsp3) is 0.867. The van der Waals surface area contributed by atoms with Crippen molar-refractivity contribution in [3.05, 3.63) is 0 Å². The number of hydrogen-bond donors (Lipinski definition) is 1. The second kappa shape index (κ2) is 5.23. The molecule has 4 nitrogen and oxygen atoms in total. The van der Waals surface area contributed by atoms with Gasteiger partial charge in [-0.15, -0.1) is 0 Å². The van der Waals surface area contributed by atoms with Crippen LogP contribution in [-0.2, 0) is 4.79 Å². The highest BCUT2D eigenvalue weighted by Gasteiger charge is 2.41. The van der Waals surface area contributed by atoms with Gasteiger partial charge in [-0.2, -0.15) is 5.10 Å². The predicted molar refractivity (Wildman–Crippen MR) is 73.9 cm³/mol. The van der Waals surface area contributed by atoms with Crippen molar-refractivity contribution in [3.8, 4) is 0 Å². The minimum Gasteiger partial charge on any atom is -0.393 e. The van der Waals surface area contributed by atoms with Crippen molar-refractivity contribution < 1.29 is 9.90 Å². The molecular formula is C15H24N2O2. The van der Waals surface area contributed by atoms with Crippen molar-refractivity contribution in [2.24, 2.45) is 16.9 Å². The molecule has 0 radical (unpaired) electrons. The molecule has 5 atom stereocenters. The number of aliphatic hydroxyl groups is 1. The summed E-state index contributed by atoms with van der Waals surface area (Å²) in [6, 6.07) is 0.281. The summed E-state index contributed by atoms with van der Waals surface area (Å²) >= 11 is 0. The maximum Gasteiger partial charge on any atom is 0.144 e. The fourth-order valence-corrected chi connectivity index (χ4v) is 4.29. The molecule has 0 aromatic carbocycles. The Hall–Kier alpha value is -0.900. The average molecular weight is 264 g/mol. The molecule has 1 heterocycles. The van der Waals surface area contributed by atoms with E-state index >= 15 is 0 Å². The lowest BCUT2D eigenvalue weighted by Crippen LogP contribution is -2.46. The van der Waals surface area contributed by atoms with Gasteiger partial charge in [0.05, 0.1) is 6.10 Å². The van der Waals surface area contributed by atoms with Gasteiger partial charge >= 0.3 is 0 Å². The van der Waals surface area contributed by atoms with Crippen LogP contribution in [0.3, 0.4) is 0 Å². The highest BCUT2D eigenvalue weighted by molar-refractivity contribution is 5.87. The quantitative estimate of drug-likeness (QED) is 0.776. The Bertz CT molecular complexity index is 382. The van der Waals surface area contributed by atoms with Gasteiger partial charge in [-0.3, -0.25) is 5.01 Å². The molecule has 3 rings (SSSR count). The smallest absolute Gasteiger partial charge is 0.144 e. The molecule has 4 heteroatoms. The van der Waals surface area contributed by atoms with Crippen LogP contribution in [0.25, 0.3) is 0 Å². The summed E-state index contributed by atoms with van der Waals surface area (Å²) < 4.78 is 0. The molecule has 19 heavy (non-hydrogen) atoms. The Kier molecular flexibility index (Phi) is 3.61. The van der Waals surface area contributed by atoms with E-state index in [1.807, 2.05) is 11.9 Å². The topological polar surface area (TPSA) is 52.9 Å². The first-order valence-electron chi connectivity index (χ1n) is 7.65. The van der Waals surface area contributed by atoms with Crippen molar-refractivity contribution in [2.75, 3.05) is 0 Å². The van der Waals surface area contributed by atoms with E-state index in [4.69, 9.17) is 0 Å². The van der Waals surface area contributed by atoms with Crippen LogP contribution in [0.15, 0.2) is 5.10 Å². The second-order valence-electron chi connectivity index (χ2n) is 6.51. The molecule has 2 aliphatic carbocycles. The molecule has 0 aromatic rings. The van der Waals surface area contributed by atoms with Gasteiger partial charge in [0.2, 0.25) is 0 Å². The van der Waals surface area contributed by atoms with Crippen LogP contribution in [0.4, 0.5) is 0 Å². The van der Waals surface area contributed by atoms with Crippen LogP contribution >= 0.6 is 0 Å². The largest absolute Gasteiger partial charge is 0.393 e. The van der Waals surface area contributed by atoms with E-state index in [1.165, 1.54) is 19.3 Å². The lowest BCUT2D eigenvalue weighted by Gasteiger charge is -2.44. The first kappa shape index (κ1) is 13.1. The minimum atomic E-state index is -0.135. The SMILES string of the molecule is CC1=NN(C2CCC3CCCC(O)C3C2)C(C=O)C1. The number of aliphatic hydroxyl groups excluding tert-OH is 1. The minimum absolute atomic E-state index is 0.0673. The summed E-state index contributed by atoms with van der Waals surface area (Å²) in [6.07, 6.45) is 8.38. The number of nitrogens with zero attached hydrogens (tertiary/aromatic N) is 2. The summed E-state index contributed by atoms with van der Waals surface area (Å²) in [5.41, 5.74) is 1.06. The van der Waals surface area contributed by atoms with E-state index in [0.717, 1.165) is 37.7 Å². The molecule has 2 fully saturated rings. The highest BCUT2D eigenvalue weighted by Crippen LogP contribution is 2.42. The number of rotatable bonds is 2. The zero-order chi connectivity index (χ0) is 13.4. The Balaban J connectivity index is 1.71. The van der Waals surface area contributed by atoms with Crippen LogP contribution in [0.1, 0.15) is 51.9 Å². The Morgan fingerprint density at radius 2 is 2.16 bits per heavy atom. The first-order valence-corrected chi connectivity index (χ1v) is 7.65. The molecule has 5 unspecified atom stereocenters. The normalized spacial score (nSPS) is 42.7. The molecule has 0 saturated heterocycles. The molecular weight excluding hydrogens is 240 g/mol. The lowest BCUT2D eigenvalue weighted by molar-refractivity contribution is -0.113. The maximum atomic E-state index is 11.2. The van der Waals surface area contributed by atoms with Crippen molar-refractivity contribution in [1.29, 1.82) is 0 Å². The van der Waals surface area contributed by atoms with Gasteiger partial charge in [0.25, 0.3) is 0 Å². The van der Waals surface area contributed by atoms with Crippen LogP contribution in [0.5, 0.6) is 0 Å². The zero-order valence-corrected chi connectivity index (χ0v) is 11.7. The van der Waals surface area contributed by atoms with Gasteiger partial charge in [0.1, 0.15) is 12.3 Å². The van der Waals surface area contributed by atoms with E-state index in [0.29, 0.717) is 17.9 Å². The fourth-order valence-electron chi connectivity index (χ4n) is 4.29. The Morgan fingerprint density at radius 3 is 2.95 bits per heavy atom. The van der Waals surface area contributed by atoms with Gasteiger partial charge in [0.15, 0.2) is 0 Å². The van der Waals surface area contributed by atoms with Gasteiger partial charge < -0.3 is 9.90 Å². The van der Waals surface area contributed by atoms with Crippen LogP contribution < -0.4 is 0 Å². The summed E-state index contributed by atoms with van der Waals surface area (Å²) in [5.74, 6) is 1.12. The van der Waals surface area contributed by atoms with Gasteiger partial charge in [0, 0.05) is 18.2 Å². The number of carbonyl (C=O) groups excluding carboxylic acids is 1. The average Bonchev–Trinajstić information content (AvgIpc) is 2.80. The summed E-state index contributed by atoms with van der Waals surface area (Å²) in [7, 11) is 0. The van der Waals surface area contributed by atoms with Crippen molar-refractivity contribution >= 4 is 12.0 Å². The third kappa shape index (κ3) is 2.42. The van der Waals surface area contributed by atoms with Crippen molar-refractivity contribution in [3.63, 3.8) is 0 Å². The molecule has 106 valence electrons. The van der Waals surface area contributed by atoms with E-state index < -0.39 is 0 Å². The highest BCUT2D eigenvalue weighted by atomic mass is 16.3. The predicted octanol–water partition coefficient (Wildman–Crippen LogP) is 1.97. The van der Waals surface area contributed by atoms with E-state index in [1.54, 1.807) is 0 Å².